The monoisotopic (exact) mass is 310 g/mol. The van der Waals surface area contributed by atoms with Gasteiger partial charge in [0, 0.05) is 6.07 Å². The van der Waals surface area contributed by atoms with Crippen LogP contribution in [0.4, 0.5) is 0 Å². The predicted molar refractivity (Wildman–Crippen MR) is 80.4 cm³/mol. The Morgan fingerprint density at radius 1 is 1.23 bits per heavy atom. The van der Waals surface area contributed by atoms with Gasteiger partial charge in [-0.25, -0.2) is 0 Å². The third-order valence-corrected chi connectivity index (χ3v) is 3.10. The van der Waals surface area contributed by atoms with Gasteiger partial charge in [-0.15, -0.1) is 0 Å². The van der Waals surface area contributed by atoms with Gasteiger partial charge in [0.1, 0.15) is 11.5 Å². The summed E-state index contributed by atoms with van der Waals surface area (Å²) in [6, 6.07) is 4.77. The zero-order valence-corrected chi connectivity index (χ0v) is 13.1. The van der Waals surface area contributed by atoms with Crippen LogP contribution in [-0.4, -0.2) is 43.8 Å². The van der Waals surface area contributed by atoms with Gasteiger partial charge in [0.2, 0.25) is 5.78 Å². The van der Waals surface area contributed by atoms with Crippen LogP contribution in [0.25, 0.3) is 0 Å². The van der Waals surface area contributed by atoms with Crippen LogP contribution in [0.15, 0.2) is 18.2 Å². The van der Waals surface area contributed by atoms with Crippen LogP contribution < -0.4 is 9.47 Å². The summed E-state index contributed by atoms with van der Waals surface area (Å²) in [7, 11) is 2.96. The lowest BCUT2D eigenvalue weighted by atomic mass is 10.1. The van der Waals surface area contributed by atoms with Crippen molar-refractivity contribution in [3.05, 3.63) is 23.8 Å². The van der Waals surface area contributed by atoms with E-state index in [-0.39, 0.29) is 18.8 Å². The Morgan fingerprint density at radius 3 is 2.55 bits per heavy atom. The van der Waals surface area contributed by atoms with Crippen LogP contribution in [0.2, 0.25) is 0 Å². The number of carbonyl (C=O) groups is 2. The summed E-state index contributed by atoms with van der Waals surface area (Å²) in [6.45, 7) is 1.52. The van der Waals surface area contributed by atoms with Crippen molar-refractivity contribution in [2.24, 2.45) is 0 Å². The molecular weight excluding hydrogens is 288 g/mol. The van der Waals surface area contributed by atoms with Crippen LogP contribution >= 0.6 is 0 Å². The molecular formula is C16H22O6. The van der Waals surface area contributed by atoms with Crippen molar-refractivity contribution >= 4 is 11.8 Å². The number of hydrogen-bond donors (Lipinski definition) is 1. The Hall–Kier alpha value is -2.08. The Morgan fingerprint density at radius 2 is 1.95 bits per heavy atom. The smallest absolute Gasteiger partial charge is 0.308 e. The Kier molecular flexibility index (Phi) is 7.39. The molecule has 1 rings (SSSR count). The molecule has 0 saturated heterocycles. The first-order chi connectivity index (χ1) is 10.5. The molecule has 122 valence electrons. The molecule has 0 aromatic heterocycles. The Bertz CT molecular complexity index is 511. The summed E-state index contributed by atoms with van der Waals surface area (Å²) in [5, 5.41) is 9.52. The van der Waals surface area contributed by atoms with E-state index in [4.69, 9.17) is 14.2 Å². The van der Waals surface area contributed by atoms with Gasteiger partial charge >= 0.3 is 5.97 Å². The first-order valence-electron chi connectivity index (χ1n) is 7.10. The van der Waals surface area contributed by atoms with E-state index >= 15 is 0 Å². The van der Waals surface area contributed by atoms with Crippen molar-refractivity contribution in [1.29, 1.82) is 0 Å². The van der Waals surface area contributed by atoms with Gasteiger partial charge in [0.15, 0.2) is 6.61 Å². The maximum absolute atomic E-state index is 12.1. The Labute approximate surface area is 130 Å². The summed E-state index contributed by atoms with van der Waals surface area (Å²) < 4.78 is 15.1. The molecule has 0 unspecified atom stereocenters. The molecule has 0 aliphatic carbocycles. The van der Waals surface area contributed by atoms with Crippen LogP contribution in [0.5, 0.6) is 11.5 Å². The highest BCUT2D eigenvalue weighted by molar-refractivity contribution is 6.00. The highest BCUT2D eigenvalue weighted by atomic mass is 16.5. The molecule has 22 heavy (non-hydrogen) atoms. The first-order valence-corrected chi connectivity index (χ1v) is 7.10. The van der Waals surface area contributed by atoms with E-state index in [1.807, 2.05) is 6.92 Å². The highest BCUT2D eigenvalue weighted by Crippen LogP contribution is 2.25. The van der Waals surface area contributed by atoms with Crippen molar-refractivity contribution < 1.29 is 28.9 Å². The summed E-state index contributed by atoms with van der Waals surface area (Å²) in [5.74, 6) is -0.0564. The summed E-state index contributed by atoms with van der Waals surface area (Å²) in [6.07, 6.45) is 0.454. The lowest BCUT2D eigenvalue weighted by molar-refractivity contribution is -0.144. The molecule has 0 amide bonds. The number of hydrogen-bond acceptors (Lipinski definition) is 6. The Balaban J connectivity index is 2.60. The van der Waals surface area contributed by atoms with Gasteiger partial charge in [-0.2, -0.15) is 0 Å². The van der Waals surface area contributed by atoms with E-state index in [2.05, 4.69) is 0 Å². The SMILES string of the molecule is CCC[C@H](O)CC(=O)OCC(=O)c1ccc(OC)cc1OC. The quantitative estimate of drug-likeness (QED) is 0.555. The molecule has 1 atom stereocenters. The van der Waals surface area contributed by atoms with Gasteiger partial charge < -0.3 is 19.3 Å². The van der Waals surface area contributed by atoms with Gasteiger partial charge in [-0.1, -0.05) is 13.3 Å². The molecule has 0 spiro atoms. The van der Waals surface area contributed by atoms with Crippen molar-refractivity contribution in [2.45, 2.75) is 32.3 Å². The van der Waals surface area contributed by atoms with Crippen LogP contribution in [0.1, 0.15) is 36.5 Å². The number of rotatable bonds is 9. The molecule has 0 aliphatic rings. The number of aliphatic hydroxyl groups is 1. The summed E-state index contributed by atoms with van der Waals surface area (Å²) in [5.41, 5.74) is 0.310. The third-order valence-electron chi connectivity index (χ3n) is 3.10. The topological polar surface area (TPSA) is 82.1 Å². The molecule has 0 fully saturated rings. The van der Waals surface area contributed by atoms with Crippen molar-refractivity contribution in [3.8, 4) is 11.5 Å². The normalized spacial score (nSPS) is 11.6. The fourth-order valence-corrected chi connectivity index (χ4v) is 1.94. The minimum absolute atomic E-state index is 0.110. The maximum Gasteiger partial charge on any atom is 0.308 e. The zero-order valence-electron chi connectivity index (χ0n) is 13.1. The second-order valence-corrected chi connectivity index (χ2v) is 4.80. The first kappa shape index (κ1) is 18.0. The summed E-state index contributed by atoms with van der Waals surface area (Å²) in [4.78, 5) is 23.6. The van der Waals surface area contributed by atoms with Crippen molar-refractivity contribution in [1.82, 2.24) is 0 Å². The number of esters is 1. The number of carbonyl (C=O) groups excluding carboxylic acids is 2. The van der Waals surface area contributed by atoms with Gasteiger partial charge in [-0.3, -0.25) is 9.59 Å². The van der Waals surface area contributed by atoms with Crippen molar-refractivity contribution in [2.75, 3.05) is 20.8 Å². The lowest BCUT2D eigenvalue weighted by Gasteiger charge is -2.11. The van der Waals surface area contributed by atoms with E-state index in [9.17, 15) is 14.7 Å². The van der Waals surface area contributed by atoms with Gasteiger partial charge in [0.25, 0.3) is 0 Å². The van der Waals surface area contributed by atoms with E-state index in [0.717, 1.165) is 6.42 Å². The average Bonchev–Trinajstić information content (AvgIpc) is 2.52. The fraction of sp³-hybridized carbons (Fsp3) is 0.500. The number of ether oxygens (including phenoxy) is 3. The molecule has 1 aromatic carbocycles. The molecule has 6 nitrogen and oxygen atoms in total. The third kappa shape index (κ3) is 5.37. The van der Waals surface area contributed by atoms with E-state index < -0.39 is 12.1 Å². The largest absolute Gasteiger partial charge is 0.497 e. The van der Waals surface area contributed by atoms with E-state index in [1.54, 1.807) is 18.2 Å². The second-order valence-electron chi connectivity index (χ2n) is 4.80. The standard InChI is InChI=1S/C16H22O6/c1-4-5-11(17)8-16(19)22-10-14(18)13-7-6-12(20-2)9-15(13)21-3/h6-7,9,11,17H,4-5,8,10H2,1-3H3/t11-/m0/s1. The van der Waals surface area contributed by atoms with Crippen LogP contribution in [0.3, 0.4) is 0 Å². The zero-order chi connectivity index (χ0) is 16.5. The van der Waals surface area contributed by atoms with E-state index in [0.29, 0.717) is 23.5 Å². The fourth-order valence-electron chi connectivity index (χ4n) is 1.94. The molecule has 0 bridgehead atoms. The lowest BCUT2D eigenvalue weighted by Crippen LogP contribution is -2.19. The van der Waals surface area contributed by atoms with Crippen LogP contribution in [0, 0.1) is 0 Å². The van der Waals surface area contributed by atoms with Crippen molar-refractivity contribution in [3.63, 3.8) is 0 Å². The average molecular weight is 310 g/mol. The highest BCUT2D eigenvalue weighted by Gasteiger charge is 2.17. The number of benzene rings is 1. The number of aliphatic hydroxyl groups excluding tert-OH is 1. The molecule has 0 saturated carbocycles. The second kappa shape index (κ2) is 9.04. The molecule has 0 heterocycles. The van der Waals surface area contributed by atoms with Gasteiger partial charge in [0.05, 0.1) is 32.3 Å². The number of ketones is 1. The molecule has 1 aromatic rings. The number of methoxy groups -OCH3 is 2. The van der Waals surface area contributed by atoms with Crippen LogP contribution in [-0.2, 0) is 9.53 Å². The minimum atomic E-state index is -0.733. The number of Topliss-reactive ketones (excluding diaryl/α,β-unsaturated/α-hetero) is 1. The molecule has 6 heteroatoms. The molecule has 0 radical (unpaired) electrons. The molecule has 1 N–H and O–H groups in total. The van der Waals surface area contributed by atoms with E-state index in [1.165, 1.54) is 14.2 Å². The maximum atomic E-state index is 12.1. The minimum Gasteiger partial charge on any atom is -0.497 e. The van der Waals surface area contributed by atoms with Gasteiger partial charge in [-0.05, 0) is 18.6 Å². The molecule has 0 aliphatic heterocycles. The summed E-state index contributed by atoms with van der Waals surface area (Å²) >= 11 is 0. The predicted octanol–water partition coefficient (Wildman–Crippen LogP) is 1.98.